The number of carbonyl (C=O) groups is 2. The van der Waals surface area contributed by atoms with E-state index in [0.717, 1.165) is 11.1 Å². The van der Waals surface area contributed by atoms with Gasteiger partial charge in [0.15, 0.2) is 5.82 Å². The van der Waals surface area contributed by atoms with Gasteiger partial charge in [-0.2, -0.15) is 0 Å². The summed E-state index contributed by atoms with van der Waals surface area (Å²) in [5.74, 6) is -0.181. The third-order valence-electron chi connectivity index (χ3n) is 3.90. The van der Waals surface area contributed by atoms with E-state index in [1.807, 2.05) is 25.1 Å². The first-order valence-electron chi connectivity index (χ1n) is 7.97. The molecular weight excluding hydrogens is 320 g/mol. The number of nitrogens with one attached hydrogen (secondary N) is 1. The van der Waals surface area contributed by atoms with Gasteiger partial charge < -0.3 is 11.1 Å². The van der Waals surface area contributed by atoms with E-state index in [4.69, 9.17) is 5.73 Å². The quantitative estimate of drug-likeness (QED) is 0.707. The summed E-state index contributed by atoms with van der Waals surface area (Å²) >= 11 is 0. The summed E-state index contributed by atoms with van der Waals surface area (Å²) in [7, 11) is 0. The maximum atomic E-state index is 12.7. The van der Waals surface area contributed by atoms with E-state index in [1.165, 1.54) is 10.9 Å². The highest BCUT2D eigenvalue weighted by Crippen LogP contribution is 2.25. The van der Waals surface area contributed by atoms with Gasteiger partial charge in [-0.3, -0.25) is 14.2 Å². The first kappa shape index (κ1) is 16.7. The lowest BCUT2D eigenvalue weighted by Crippen LogP contribution is -2.20. The molecule has 2 heterocycles. The predicted octanol–water partition coefficient (Wildman–Crippen LogP) is 2.06. The van der Waals surface area contributed by atoms with Crippen molar-refractivity contribution in [3.8, 4) is 0 Å². The number of amides is 1. The zero-order valence-electron chi connectivity index (χ0n) is 14.4. The Morgan fingerprint density at radius 3 is 2.80 bits per heavy atom. The van der Waals surface area contributed by atoms with E-state index in [9.17, 15) is 9.59 Å². The predicted molar refractivity (Wildman–Crippen MR) is 95.2 cm³/mol. The topological polar surface area (TPSA) is 108 Å². The highest BCUT2D eigenvalue weighted by atomic mass is 16.2. The second-order valence-corrected chi connectivity index (χ2v) is 6.25. The fraction of sp³-hybridized carbons (Fsp3) is 0.294. The lowest BCUT2D eigenvalue weighted by Gasteiger charge is -2.08. The molecule has 8 heteroatoms. The van der Waals surface area contributed by atoms with E-state index in [1.54, 1.807) is 24.5 Å². The van der Waals surface area contributed by atoms with Crippen LogP contribution in [0.15, 0.2) is 30.5 Å². The van der Waals surface area contributed by atoms with Crippen molar-refractivity contribution in [1.29, 1.82) is 0 Å². The molecule has 25 heavy (non-hydrogen) atoms. The lowest BCUT2D eigenvalue weighted by molar-refractivity contribution is -0.118. The molecule has 1 amide bonds. The molecule has 1 aromatic carbocycles. The lowest BCUT2D eigenvalue weighted by atomic mass is 10.2. The van der Waals surface area contributed by atoms with Crippen molar-refractivity contribution in [1.82, 2.24) is 19.6 Å². The van der Waals surface area contributed by atoms with Crippen LogP contribution in [0.1, 0.15) is 24.3 Å². The number of rotatable bonds is 4. The molecule has 3 aromatic rings. The van der Waals surface area contributed by atoms with Crippen molar-refractivity contribution in [2.45, 2.75) is 27.3 Å². The number of nitrogens with two attached hydrogens (primary N) is 1. The molecule has 0 unspecified atom stereocenters. The maximum absolute atomic E-state index is 12.7. The zero-order chi connectivity index (χ0) is 18.1. The minimum absolute atomic E-state index is 0.0104. The molecule has 2 aromatic heterocycles. The van der Waals surface area contributed by atoms with Crippen LogP contribution in [0.25, 0.3) is 10.9 Å². The number of anilines is 2. The van der Waals surface area contributed by atoms with Gasteiger partial charge in [0.05, 0.1) is 17.4 Å². The fourth-order valence-corrected chi connectivity index (χ4v) is 2.65. The van der Waals surface area contributed by atoms with Crippen LogP contribution in [-0.4, -0.2) is 31.4 Å². The van der Waals surface area contributed by atoms with Crippen molar-refractivity contribution in [3.63, 3.8) is 0 Å². The number of hydrogen-bond acceptors (Lipinski definition) is 5. The van der Waals surface area contributed by atoms with Gasteiger partial charge in [-0.05, 0) is 19.1 Å². The zero-order valence-corrected chi connectivity index (χ0v) is 14.4. The molecule has 0 aliphatic carbocycles. The summed E-state index contributed by atoms with van der Waals surface area (Å²) < 4.78 is 2.97. The van der Waals surface area contributed by atoms with Gasteiger partial charge >= 0.3 is 0 Å². The molecule has 0 aliphatic rings. The Bertz CT molecular complexity index is 953. The molecular formula is C17H20N6O2. The van der Waals surface area contributed by atoms with Gasteiger partial charge in [-0.1, -0.05) is 31.2 Å². The third kappa shape index (κ3) is 3.23. The molecule has 0 aliphatic heterocycles. The normalized spacial score (nSPS) is 11.2. The Morgan fingerprint density at radius 2 is 2.08 bits per heavy atom. The number of para-hydroxylation sites is 1. The first-order chi connectivity index (χ1) is 11.9. The smallest absolute Gasteiger partial charge is 0.253 e. The van der Waals surface area contributed by atoms with E-state index in [2.05, 4.69) is 15.6 Å². The third-order valence-corrected chi connectivity index (χ3v) is 3.90. The molecule has 0 atom stereocenters. The second kappa shape index (κ2) is 6.39. The number of carbonyl (C=O) groups excluding carboxylic acids is 2. The monoisotopic (exact) mass is 340 g/mol. The molecule has 0 saturated carbocycles. The van der Waals surface area contributed by atoms with Crippen LogP contribution in [0.3, 0.4) is 0 Å². The molecule has 3 N–H and O–H groups in total. The Labute approximate surface area is 144 Å². The molecule has 130 valence electrons. The van der Waals surface area contributed by atoms with Crippen molar-refractivity contribution >= 4 is 34.2 Å². The number of hydrogen-bond donors (Lipinski definition) is 2. The Kier molecular flexibility index (Phi) is 4.26. The van der Waals surface area contributed by atoms with Crippen molar-refractivity contribution in [3.05, 3.63) is 36.2 Å². The minimum Gasteiger partial charge on any atom is -0.397 e. The molecule has 0 spiro atoms. The highest BCUT2D eigenvalue weighted by Gasteiger charge is 2.16. The van der Waals surface area contributed by atoms with Crippen molar-refractivity contribution in [2.24, 2.45) is 5.92 Å². The van der Waals surface area contributed by atoms with Gasteiger partial charge in [-0.15, -0.1) is 5.10 Å². The second-order valence-electron chi connectivity index (χ2n) is 6.25. The first-order valence-corrected chi connectivity index (χ1v) is 7.97. The Morgan fingerprint density at radius 1 is 1.32 bits per heavy atom. The summed E-state index contributed by atoms with van der Waals surface area (Å²) in [5, 5.41) is 11.3. The highest BCUT2D eigenvalue weighted by molar-refractivity contribution is 5.99. The fourth-order valence-electron chi connectivity index (χ4n) is 2.65. The number of benzene rings is 1. The van der Waals surface area contributed by atoms with Gasteiger partial charge in [0.25, 0.3) is 5.91 Å². The molecule has 0 fully saturated rings. The van der Waals surface area contributed by atoms with Crippen molar-refractivity contribution < 1.29 is 9.59 Å². The maximum Gasteiger partial charge on any atom is 0.253 e. The van der Waals surface area contributed by atoms with E-state index < -0.39 is 0 Å². The van der Waals surface area contributed by atoms with Crippen LogP contribution in [0.5, 0.6) is 0 Å². The Hall–Kier alpha value is -3.16. The largest absolute Gasteiger partial charge is 0.397 e. The van der Waals surface area contributed by atoms with Crippen molar-refractivity contribution in [2.75, 3.05) is 11.1 Å². The molecule has 0 radical (unpaired) electrons. The number of fused-ring (bicyclic) bond motifs is 1. The summed E-state index contributed by atoms with van der Waals surface area (Å²) in [4.78, 5) is 24.4. The van der Waals surface area contributed by atoms with Gasteiger partial charge in [-0.25, -0.2) is 4.68 Å². The summed E-state index contributed by atoms with van der Waals surface area (Å²) in [6, 6.07) is 7.45. The van der Waals surface area contributed by atoms with Crippen LogP contribution in [0, 0.1) is 12.8 Å². The standard InChI is InChI=1S/C17H20N6O2/c1-10(2)17(25)19-14-8-22(21-20-14)9-15(24)23-11(3)7-12-5-4-6-13(18)16(12)23/h4-8,10H,9,18H2,1-3H3,(H,19,25). The molecule has 8 nitrogen and oxygen atoms in total. The summed E-state index contributed by atoms with van der Waals surface area (Å²) in [6.45, 7) is 5.41. The van der Waals surface area contributed by atoms with E-state index in [0.29, 0.717) is 17.0 Å². The number of aryl methyl sites for hydroxylation is 1. The van der Waals surface area contributed by atoms with E-state index >= 15 is 0 Å². The molecule has 0 bridgehead atoms. The minimum atomic E-state index is -0.183. The average Bonchev–Trinajstić information content (AvgIpc) is 3.11. The van der Waals surface area contributed by atoms with Crippen LogP contribution in [0.2, 0.25) is 0 Å². The van der Waals surface area contributed by atoms with Crippen LogP contribution in [-0.2, 0) is 11.3 Å². The number of nitrogens with zero attached hydrogens (tertiary/aromatic N) is 4. The van der Waals surface area contributed by atoms with Crippen LogP contribution >= 0.6 is 0 Å². The van der Waals surface area contributed by atoms with Gasteiger partial charge in [0.1, 0.15) is 6.54 Å². The molecule has 3 rings (SSSR count). The average molecular weight is 340 g/mol. The van der Waals surface area contributed by atoms with Gasteiger partial charge in [0.2, 0.25) is 5.91 Å². The number of aromatic nitrogens is 4. The van der Waals surface area contributed by atoms with E-state index in [-0.39, 0.29) is 24.3 Å². The Balaban J connectivity index is 1.83. The SMILES string of the molecule is Cc1cc2cccc(N)c2n1C(=O)Cn1cc(NC(=O)C(C)C)nn1. The van der Waals surface area contributed by atoms with Crippen LogP contribution < -0.4 is 11.1 Å². The van der Waals surface area contributed by atoms with Crippen LogP contribution in [0.4, 0.5) is 11.5 Å². The number of nitrogen functional groups attached to an aromatic ring is 1. The van der Waals surface area contributed by atoms with Gasteiger partial charge in [0, 0.05) is 17.0 Å². The molecule has 0 saturated heterocycles. The summed E-state index contributed by atoms with van der Waals surface area (Å²) in [5.41, 5.74) is 8.07. The summed E-state index contributed by atoms with van der Waals surface area (Å²) in [6.07, 6.45) is 1.53.